The largest absolute Gasteiger partial charge is 0.395 e. The van der Waals surface area contributed by atoms with E-state index in [0.29, 0.717) is 12.1 Å². The van der Waals surface area contributed by atoms with E-state index < -0.39 is 0 Å². The average molecular weight is 220 g/mol. The van der Waals surface area contributed by atoms with Crippen molar-refractivity contribution >= 4 is 0 Å². The Bertz CT molecular complexity index is 315. The Balaban J connectivity index is 2.05. The number of nitrogens with zero attached hydrogens (tertiary/aromatic N) is 2. The molecule has 2 atom stereocenters. The minimum absolute atomic E-state index is 0.268. The van der Waals surface area contributed by atoms with Crippen molar-refractivity contribution in [1.29, 1.82) is 0 Å². The number of pyridine rings is 1. The molecule has 0 bridgehead atoms. The predicted molar refractivity (Wildman–Crippen MR) is 64.0 cm³/mol. The van der Waals surface area contributed by atoms with Crippen molar-refractivity contribution in [2.45, 2.75) is 44.8 Å². The SMILES string of the molecule is CC1CCCC(CO)N1Cc1cccnc1. The molecule has 1 aliphatic rings. The molecule has 16 heavy (non-hydrogen) atoms. The maximum atomic E-state index is 9.40. The van der Waals surface area contributed by atoms with Crippen LogP contribution in [0.4, 0.5) is 0 Å². The average Bonchev–Trinajstić information content (AvgIpc) is 2.33. The standard InChI is InChI=1S/C13H20N2O/c1-11-4-2-6-13(10-16)15(11)9-12-5-3-7-14-8-12/h3,5,7-8,11,13,16H,2,4,6,9-10H2,1H3. The van der Waals surface area contributed by atoms with Crippen molar-refractivity contribution < 1.29 is 5.11 Å². The zero-order valence-corrected chi connectivity index (χ0v) is 9.84. The van der Waals surface area contributed by atoms with Gasteiger partial charge in [0.05, 0.1) is 6.61 Å². The van der Waals surface area contributed by atoms with Crippen molar-refractivity contribution in [2.24, 2.45) is 0 Å². The van der Waals surface area contributed by atoms with Gasteiger partial charge >= 0.3 is 0 Å². The molecule has 88 valence electrons. The Kier molecular flexibility index (Phi) is 3.91. The van der Waals surface area contributed by atoms with E-state index in [0.717, 1.165) is 13.0 Å². The van der Waals surface area contributed by atoms with Crippen LogP contribution in [0.3, 0.4) is 0 Å². The van der Waals surface area contributed by atoms with Crippen LogP contribution in [0.2, 0.25) is 0 Å². The highest BCUT2D eigenvalue weighted by Crippen LogP contribution is 2.24. The van der Waals surface area contributed by atoms with E-state index in [1.54, 1.807) is 6.20 Å². The third-order valence-corrected chi connectivity index (χ3v) is 3.49. The second-order valence-corrected chi connectivity index (χ2v) is 4.65. The van der Waals surface area contributed by atoms with Gasteiger partial charge in [-0.05, 0) is 31.4 Å². The molecule has 1 aliphatic heterocycles. The molecule has 1 fully saturated rings. The van der Waals surface area contributed by atoms with Crippen LogP contribution < -0.4 is 0 Å². The lowest BCUT2D eigenvalue weighted by atomic mass is 9.96. The topological polar surface area (TPSA) is 36.4 Å². The Labute approximate surface area is 97.1 Å². The first kappa shape index (κ1) is 11.6. The molecular formula is C13H20N2O. The Morgan fingerprint density at radius 1 is 1.50 bits per heavy atom. The lowest BCUT2D eigenvalue weighted by molar-refractivity contribution is 0.0451. The highest BCUT2D eigenvalue weighted by atomic mass is 16.3. The van der Waals surface area contributed by atoms with Gasteiger partial charge in [-0.15, -0.1) is 0 Å². The first-order chi connectivity index (χ1) is 7.81. The van der Waals surface area contributed by atoms with Crippen LogP contribution >= 0.6 is 0 Å². The second-order valence-electron chi connectivity index (χ2n) is 4.65. The molecule has 2 heterocycles. The van der Waals surface area contributed by atoms with E-state index in [4.69, 9.17) is 0 Å². The highest BCUT2D eigenvalue weighted by molar-refractivity contribution is 5.09. The van der Waals surface area contributed by atoms with E-state index in [-0.39, 0.29) is 6.61 Å². The number of rotatable bonds is 3. The summed E-state index contributed by atoms with van der Waals surface area (Å²) in [4.78, 5) is 6.54. The molecule has 0 radical (unpaired) electrons. The van der Waals surface area contributed by atoms with Crippen molar-refractivity contribution in [3.05, 3.63) is 30.1 Å². The number of piperidine rings is 1. The molecule has 0 amide bonds. The van der Waals surface area contributed by atoms with Gasteiger partial charge in [-0.25, -0.2) is 0 Å². The van der Waals surface area contributed by atoms with Crippen molar-refractivity contribution in [3.63, 3.8) is 0 Å². The number of aromatic nitrogens is 1. The van der Waals surface area contributed by atoms with E-state index in [9.17, 15) is 5.11 Å². The maximum absolute atomic E-state index is 9.40. The van der Waals surface area contributed by atoms with E-state index in [2.05, 4.69) is 22.9 Å². The summed E-state index contributed by atoms with van der Waals surface area (Å²) in [5.74, 6) is 0. The fourth-order valence-electron chi connectivity index (χ4n) is 2.52. The lowest BCUT2D eigenvalue weighted by Crippen LogP contribution is -2.46. The zero-order valence-electron chi connectivity index (χ0n) is 9.84. The summed E-state index contributed by atoms with van der Waals surface area (Å²) < 4.78 is 0. The number of aliphatic hydroxyl groups excluding tert-OH is 1. The molecular weight excluding hydrogens is 200 g/mol. The van der Waals surface area contributed by atoms with Crippen molar-refractivity contribution in [1.82, 2.24) is 9.88 Å². The van der Waals surface area contributed by atoms with E-state index >= 15 is 0 Å². The third kappa shape index (κ3) is 2.60. The fourth-order valence-corrected chi connectivity index (χ4v) is 2.52. The van der Waals surface area contributed by atoms with Crippen LogP contribution in [0.1, 0.15) is 31.7 Å². The van der Waals surface area contributed by atoms with Crippen molar-refractivity contribution in [2.75, 3.05) is 6.61 Å². The zero-order chi connectivity index (χ0) is 11.4. The normalized spacial score (nSPS) is 26.9. The Hall–Kier alpha value is -0.930. The molecule has 3 heteroatoms. The summed E-state index contributed by atoms with van der Waals surface area (Å²) >= 11 is 0. The van der Waals surface area contributed by atoms with Gasteiger partial charge in [-0.3, -0.25) is 9.88 Å². The first-order valence-corrected chi connectivity index (χ1v) is 6.06. The van der Waals surface area contributed by atoms with Gasteiger partial charge < -0.3 is 5.11 Å². The van der Waals surface area contributed by atoms with E-state index in [1.807, 2.05) is 12.3 Å². The number of hydrogen-bond acceptors (Lipinski definition) is 3. The highest BCUT2D eigenvalue weighted by Gasteiger charge is 2.26. The minimum Gasteiger partial charge on any atom is -0.395 e. The molecule has 0 aliphatic carbocycles. The van der Waals surface area contributed by atoms with Gasteiger partial charge in [0, 0.05) is 31.0 Å². The predicted octanol–water partition coefficient (Wildman–Crippen LogP) is 1.82. The van der Waals surface area contributed by atoms with Crippen molar-refractivity contribution in [3.8, 4) is 0 Å². The van der Waals surface area contributed by atoms with Gasteiger partial charge in [0.15, 0.2) is 0 Å². The summed E-state index contributed by atoms with van der Waals surface area (Å²) in [6.07, 6.45) is 7.29. The summed E-state index contributed by atoms with van der Waals surface area (Å²) in [5, 5.41) is 9.40. The number of likely N-dealkylation sites (tertiary alicyclic amines) is 1. The van der Waals surface area contributed by atoms with Gasteiger partial charge in [0.2, 0.25) is 0 Å². The van der Waals surface area contributed by atoms with Crippen LogP contribution in [-0.2, 0) is 6.54 Å². The van der Waals surface area contributed by atoms with Crippen LogP contribution in [-0.4, -0.2) is 33.7 Å². The van der Waals surface area contributed by atoms with Crippen LogP contribution in [0.5, 0.6) is 0 Å². The molecule has 1 N–H and O–H groups in total. The van der Waals surface area contributed by atoms with Gasteiger partial charge in [0.25, 0.3) is 0 Å². The molecule has 1 saturated heterocycles. The molecule has 0 spiro atoms. The van der Waals surface area contributed by atoms with Gasteiger partial charge in [-0.2, -0.15) is 0 Å². The Morgan fingerprint density at radius 3 is 3.06 bits per heavy atom. The van der Waals surface area contributed by atoms with Crippen LogP contribution in [0.25, 0.3) is 0 Å². The van der Waals surface area contributed by atoms with Crippen LogP contribution in [0, 0.1) is 0 Å². The first-order valence-electron chi connectivity index (χ1n) is 6.06. The molecule has 3 nitrogen and oxygen atoms in total. The number of hydrogen-bond donors (Lipinski definition) is 1. The van der Waals surface area contributed by atoms with Gasteiger partial charge in [0.1, 0.15) is 0 Å². The third-order valence-electron chi connectivity index (χ3n) is 3.49. The molecule has 2 unspecified atom stereocenters. The second kappa shape index (κ2) is 5.41. The smallest absolute Gasteiger partial charge is 0.0587 e. The molecule has 0 saturated carbocycles. The summed E-state index contributed by atoms with van der Waals surface area (Å²) in [5.41, 5.74) is 1.23. The van der Waals surface area contributed by atoms with Gasteiger partial charge in [-0.1, -0.05) is 12.5 Å². The molecule has 1 aromatic rings. The minimum atomic E-state index is 0.268. The summed E-state index contributed by atoms with van der Waals surface area (Å²) in [6.45, 7) is 3.42. The summed E-state index contributed by atoms with van der Waals surface area (Å²) in [7, 11) is 0. The quantitative estimate of drug-likeness (QED) is 0.844. The summed E-state index contributed by atoms with van der Waals surface area (Å²) in [6, 6.07) is 4.95. The lowest BCUT2D eigenvalue weighted by Gasteiger charge is -2.39. The Morgan fingerprint density at radius 2 is 2.38 bits per heavy atom. The molecule has 1 aromatic heterocycles. The molecule has 2 rings (SSSR count). The number of aliphatic hydroxyl groups is 1. The van der Waals surface area contributed by atoms with Crippen LogP contribution in [0.15, 0.2) is 24.5 Å². The monoisotopic (exact) mass is 220 g/mol. The molecule has 0 aromatic carbocycles. The van der Waals surface area contributed by atoms with E-state index in [1.165, 1.54) is 18.4 Å². The fraction of sp³-hybridized carbons (Fsp3) is 0.615. The maximum Gasteiger partial charge on any atom is 0.0587 e.